The lowest BCUT2D eigenvalue weighted by Gasteiger charge is -2.32. The number of nitrogens with one attached hydrogen (secondary N) is 2. The lowest BCUT2D eigenvalue weighted by Crippen LogP contribution is -2.42. The summed E-state index contributed by atoms with van der Waals surface area (Å²) in [6.07, 6.45) is 1.52. The average Bonchev–Trinajstić information content (AvgIpc) is 3.07. The van der Waals surface area contributed by atoms with Gasteiger partial charge in [-0.2, -0.15) is 0 Å². The van der Waals surface area contributed by atoms with Crippen LogP contribution >= 0.6 is 23.7 Å². The number of carbonyl (C=O) groups excluding carboxylic acids is 1. The maximum Gasteiger partial charge on any atom is 0.220 e. The van der Waals surface area contributed by atoms with Crippen molar-refractivity contribution in [3.8, 4) is 0 Å². The number of hydrogen-bond acceptors (Lipinski definition) is 6. The van der Waals surface area contributed by atoms with E-state index in [1.807, 2.05) is 73.3 Å². The monoisotopic (exact) mass is 652 g/mol. The first kappa shape index (κ1) is 35.2. The first-order valence-corrected chi connectivity index (χ1v) is 17.9. The molecule has 0 radical (unpaired) electrons. The molecule has 0 heterocycles. The molecule has 0 aliphatic carbocycles. The van der Waals surface area contributed by atoms with Gasteiger partial charge >= 0.3 is 0 Å². The molecule has 4 rings (SSSR count). The molecule has 7 heteroatoms. The Labute approximate surface area is 284 Å². The topological polar surface area (TPSA) is 70.4 Å². The molecular weight excluding hydrogens is 605 g/mol. The second kappa shape index (κ2) is 17.9. The van der Waals surface area contributed by atoms with E-state index in [4.69, 9.17) is 5.73 Å². The van der Waals surface area contributed by atoms with E-state index in [9.17, 15) is 4.79 Å². The van der Waals surface area contributed by atoms with Crippen LogP contribution in [0.2, 0.25) is 0 Å². The molecule has 4 aromatic rings. The Morgan fingerprint density at radius 1 is 0.848 bits per heavy atom. The van der Waals surface area contributed by atoms with E-state index in [2.05, 4.69) is 96.9 Å². The number of nitrogen functional groups attached to an aromatic ring is 1. The zero-order valence-corrected chi connectivity index (χ0v) is 29.1. The number of amides is 1. The third-order valence-corrected chi connectivity index (χ3v) is 10.4. The van der Waals surface area contributed by atoms with Crippen molar-refractivity contribution in [2.75, 3.05) is 23.3 Å². The number of hydrogen-bond donors (Lipinski definition) is 3. The highest BCUT2D eigenvalue weighted by molar-refractivity contribution is 7.99. The molecule has 0 saturated heterocycles. The number of para-hydroxylation sites is 1. The lowest BCUT2D eigenvalue weighted by molar-refractivity contribution is -0.121. The van der Waals surface area contributed by atoms with Gasteiger partial charge in [-0.05, 0) is 78.7 Å². The first-order chi connectivity index (χ1) is 22.2. The fraction of sp³-hybridized carbons (Fsp3) is 0.308. The highest BCUT2D eigenvalue weighted by Crippen LogP contribution is 2.35. The predicted molar refractivity (Wildman–Crippen MR) is 199 cm³/mol. The van der Waals surface area contributed by atoms with Gasteiger partial charge in [-0.3, -0.25) is 4.79 Å². The van der Waals surface area contributed by atoms with Crippen LogP contribution in [0.1, 0.15) is 57.6 Å². The fourth-order valence-corrected chi connectivity index (χ4v) is 7.31. The Balaban J connectivity index is 1.54. The van der Waals surface area contributed by atoms with Gasteiger partial charge in [0.05, 0.1) is 11.7 Å². The molecule has 4 aromatic carbocycles. The summed E-state index contributed by atoms with van der Waals surface area (Å²) >= 11 is 3.64. The minimum absolute atomic E-state index is 0.0126. The second-order valence-corrected chi connectivity index (χ2v) is 14.2. The summed E-state index contributed by atoms with van der Waals surface area (Å²) in [5.41, 5.74) is 10.7. The van der Waals surface area contributed by atoms with Crippen molar-refractivity contribution in [1.82, 2.24) is 9.62 Å². The van der Waals surface area contributed by atoms with Crippen LogP contribution in [-0.2, 0) is 4.79 Å². The number of nitrogens with two attached hydrogens (primary N) is 1. The van der Waals surface area contributed by atoms with E-state index in [1.54, 1.807) is 11.9 Å². The molecule has 2 atom stereocenters. The van der Waals surface area contributed by atoms with Crippen molar-refractivity contribution in [3.63, 3.8) is 0 Å². The normalized spacial score (nSPS) is 12.7. The molecule has 4 N–H and O–H groups in total. The molecule has 0 bridgehead atoms. The number of rotatable bonds is 17. The number of anilines is 2. The van der Waals surface area contributed by atoms with Crippen molar-refractivity contribution < 1.29 is 4.79 Å². The summed E-state index contributed by atoms with van der Waals surface area (Å²) in [7, 11) is 0. The zero-order valence-electron chi connectivity index (χ0n) is 27.5. The van der Waals surface area contributed by atoms with Crippen molar-refractivity contribution in [2.24, 2.45) is 5.92 Å². The van der Waals surface area contributed by atoms with Gasteiger partial charge in [-0.15, -0.1) is 11.8 Å². The van der Waals surface area contributed by atoms with E-state index in [-0.39, 0.29) is 17.9 Å². The molecule has 1 amide bonds. The molecule has 0 aliphatic rings. The van der Waals surface area contributed by atoms with E-state index in [1.165, 1.54) is 4.90 Å². The largest absolute Gasteiger partial charge is 0.399 e. The summed E-state index contributed by atoms with van der Waals surface area (Å²) in [5.74, 6) is 1.42. The van der Waals surface area contributed by atoms with Crippen molar-refractivity contribution in [2.45, 2.75) is 68.3 Å². The van der Waals surface area contributed by atoms with Gasteiger partial charge in [-0.1, -0.05) is 100 Å². The maximum absolute atomic E-state index is 12.9. The SMILES string of the molecule is C=C(Nc1ccccc1SCC(C)N(CCC(C)C)Sc1ccc(N)cc1)C(NC(=O)CC)C(c1ccccc1)c1ccccc1. The number of benzene rings is 4. The van der Waals surface area contributed by atoms with Crippen LogP contribution in [0.4, 0.5) is 11.4 Å². The molecule has 5 nitrogen and oxygen atoms in total. The first-order valence-electron chi connectivity index (χ1n) is 16.1. The van der Waals surface area contributed by atoms with E-state index >= 15 is 0 Å². The van der Waals surface area contributed by atoms with Gasteiger partial charge in [0.2, 0.25) is 5.91 Å². The molecule has 0 saturated carbocycles. The minimum atomic E-state index is -0.364. The van der Waals surface area contributed by atoms with Gasteiger partial charge in [0, 0.05) is 51.9 Å². The minimum Gasteiger partial charge on any atom is -0.399 e. The number of thioether (sulfide) groups is 1. The van der Waals surface area contributed by atoms with Crippen LogP contribution in [0.15, 0.2) is 131 Å². The van der Waals surface area contributed by atoms with Gasteiger partial charge in [0.1, 0.15) is 0 Å². The van der Waals surface area contributed by atoms with Gasteiger partial charge in [0.15, 0.2) is 0 Å². The smallest absolute Gasteiger partial charge is 0.220 e. The fourth-order valence-electron chi connectivity index (χ4n) is 5.19. The summed E-state index contributed by atoms with van der Waals surface area (Å²) in [4.78, 5) is 15.2. The summed E-state index contributed by atoms with van der Waals surface area (Å²) in [6, 6.07) is 37.1. The molecular formula is C39H48N4OS2. The van der Waals surface area contributed by atoms with Crippen molar-refractivity contribution in [1.29, 1.82) is 0 Å². The average molecular weight is 653 g/mol. The van der Waals surface area contributed by atoms with Crippen molar-refractivity contribution in [3.05, 3.63) is 133 Å². The highest BCUT2D eigenvalue weighted by Gasteiger charge is 2.29. The Hall–Kier alpha value is -3.65. The van der Waals surface area contributed by atoms with Crippen molar-refractivity contribution >= 4 is 41.0 Å². The molecule has 0 aliphatic heterocycles. The number of nitrogens with zero attached hydrogens (tertiary/aromatic N) is 1. The Morgan fingerprint density at radius 2 is 1.43 bits per heavy atom. The third-order valence-electron chi connectivity index (χ3n) is 7.85. The Kier molecular flexibility index (Phi) is 13.7. The Morgan fingerprint density at radius 3 is 2.02 bits per heavy atom. The van der Waals surface area contributed by atoms with Crippen LogP contribution in [0, 0.1) is 5.92 Å². The zero-order chi connectivity index (χ0) is 32.9. The standard InChI is InChI=1S/C39H48N4OS2/c1-6-37(44)42-39(38(31-15-9-7-10-16-31)32-17-11-8-12-18-32)30(5)41-35-19-13-14-20-36(35)45-27-29(4)43(26-25-28(2)3)46-34-23-21-33(40)22-24-34/h7-24,28-29,38-39,41H,5-6,25-27,40H2,1-4H3,(H,42,44). The number of carbonyl (C=O) groups is 1. The van der Waals surface area contributed by atoms with Crippen LogP contribution < -0.4 is 16.4 Å². The summed E-state index contributed by atoms with van der Waals surface area (Å²) in [5, 5.41) is 6.93. The third kappa shape index (κ3) is 10.4. The highest BCUT2D eigenvalue weighted by atomic mass is 32.2. The second-order valence-electron chi connectivity index (χ2n) is 12.0. The molecule has 46 heavy (non-hydrogen) atoms. The molecule has 2 unspecified atom stereocenters. The molecule has 242 valence electrons. The lowest BCUT2D eigenvalue weighted by atomic mass is 9.83. The van der Waals surface area contributed by atoms with E-state index in [0.717, 1.165) is 51.8 Å². The van der Waals surface area contributed by atoms with E-state index in [0.29, 0.717) is 18.4 Å². The van der Waals surface area contributed by atoms with Gasteiger partial charge in [-0.25, -0.2) is 4.31 Å². The Bertz CT molecular complexity index is 1470. The maximum atomic E-state index is 12.9. The van der Waals surface area contributed by atoms with Crippen LogP contribution in [0.25, 0.3) is 0 Å². The van der Waals surface area contributed by atoms with Gasteiger partial charge < -0.3 is 16.4 Å². The van der Waals surface area contributed by atoms with Crippen LogP contribution in [0.3, 0.4) is 0 Å². The van der Waals surface area contributed by atoms with Crippen LogP contribution in [0.5, 0.6) is 0 Å². The summed E-state index contributed by atoms with van der Waals surface area (Å²) in [6.45, 7) is 14.2. The quantitative estimate of drug-likeness (QED) is 0.0600. The molecule has 0 fully saturated rings. The van der Waals surface area contributed by atoms with E-state index < -0.39 is 0 Å². The van der Waals surface area contributed by atoms with Gasteiger partial charge in [0.25, 0.3) is 0 Å². The summed E-state index contributed by atoms with van der Waals surface area (Å²) < 4.78 is 2.49. The molecule has 0 spiro atoms. The van der Waals surface area contributed by atoms with Crippen LogP contribution in [-0.4, -0.2) is 34.6 Å². The molecule has 0 aromatic heterocycles. The predicted octanol–water partition coefficient (Wildman–Crippen LogP) is 9.46.